The lowest BCUT2D eigenvalue weighted by Crippen LogP contribution is -2.29. The fourth-order valence-corrected chi connectivity index (χ4v) is 1.46. The molecule has 0 saturated heterocycles. The minimum Gasteiger partial charge on any atom is -0.356 e. The highest BCUT2D eigenvalue weighted by Crippen LogP contribution is 2.07. The van der Waals surface area contributed by atoms with Crippen molar-refractivity contribution in [3.63, 3.8) is 0 Å². The van der Waals surface area contributed by atoms with Crippen LogP contribution in [0, 0.1) is 0 Å². The minimum absolute atomic E-state index is 0.652. The van der Waals surface area contributed by atoms with E-state index in [4.69, 9.17) is 11.1 Å². The molecule has 3 nitrogen and oxygen atoms in total. The lowest BCUT2D eigenvalue weighted by atomic mass is 10.7. The molecule has 12 heavy (non-hydrogen) atoms. The van der Waals surface area contributed by atoms with E-state index in [9.17, 15) is 0 Å². The first kappa shape index (κ1) is 9.47. The first-order chi connectivity index (χ1) is 5.58. The van der Waals surface area contributed by atoms with Gasteiger partial charge in [-0.15, -0.1) is 0 Å². The van der Waals surface area contributed by atoms with Gasteiger partial charge in [0, 0.05) is 18.6 Å². The van der Waals surface area contributed by atoms with Gasteiger partial charge < -0.3 is 5.32 Å². The highest BCUT2D eigenvalue weighted by Gasteiger charge is 2.16. The largest absolute Gasteiger partial charge is 0.356 e. The second kappa shape index (κ2) is 3.87. The van der Waals surface area contributed by atoms with E-state index >= 15 is 0 Å². The van der Waals surface area contributed by atoms with Crippen LogP contribution in [-0.4, -0.2) is 23.5 Å². The van der Waals surface area contributed by atoms with Crippen molar-refractivity contribution in [1.82, 2.24) is 9.97 Å². The summed E-state index contributed by atoms with van der Waals surface area (Å²) < 4.78 is 0. The summed E-state index contributed by atoms with van der Waals surface area (Å²) in [5, 5.41) is 3.09. The Hall–Kier alpha value is -0.613. The lowest BCUT2D eigenvalue weighted by molar-refractivity contribution is 1.13. The molecule has 0 aliphatic heterocycles. The van der Waals surface area contributed by atoms with Gasteiger partial charge in [-0.2, -0.15) is 11.1 Å². The lowest BCUT2D eigenvalue weighted by Gasteiger charge is -2.12. The Labute approximate surface area is 77.9 Å². The zero-order valence-corrected chi connectivity index (χ0v) is 8.97. The van der Waals surface area contributed by atoms with E-state index in [-0.39, 0.29) is 0 Å². The van der Waals surface area contributed by atoms with Gasteiger partial charge >= 0.3 is 0 Å². The number of nitrogens with one attached hydrogen (secondary N) is 1. The van der Waals surface area contributed by atoms with Gasteiger partial charge in [-0.1, -0.05) is 13.1 Å². The van der Waals surface area contributed by atoms with Crippen LogP contribution >= 0.6 is 11.1 Å². The number of aromatic nitrogens is 2. The Morgan fingerprint density at radius 3 is 2.50 bits per heavy atom. The van der Waals surface area contributed by atoms with Crippen LogP contribution in [-0.2, 0) is 0 Å². The summed E-state index contributed by atoms with van der Waals surface area (Å²) in [5.41, 5.74) is 0. The Balaban J connectivity index is 2.44. The van der Waals surface area contributed by atoms with Crippen LogP contribution in [0.25, 0.3) is 0 Å². The second-order valence-electron chi connectivity index (χ2n) is 3.14. The maximum absolute atomic E-state index is 6.10. The molecule has 0 unspecified atom stereocenters. The SMILES string of the molecule is C[Si](C)(Cl)CNc1ncccn1. The summed E-state index contributed by atoms with van der Waals surface area (Å²) in [6.07, 6.45) is 4.20. The van der Waals surface area contributed by atoms with Crippen LogP contribution in [0.5, 0.6) is 0 Å². The molecular weight excluding hydrogens is 190 g/mol. The smallest absolute Gasteiger partial charge is 0.222 e. The Morgan fingerprint density at radius 1 is 1.42 bits per heavy atom. The van der Waals surface area contributed by atoms with E-state index < -0.39 is 7.38 Å². The zero-order chi connectivity index (χ0) is 9.03. The maximum atomic E-state index is 6.10. The highest BCUT2D eigenvalue weighted by atomic mass is 35.6. The molecule has 0 atom stereocenters. The summed E-state index contributed by atoms with van der Waals surface area (Å²) >= 11 is 6.10. The molecule has 66 valence electrons. The van der Waals surface area contributed by atoms with Gasteiger partial charge in [-0.05, 0) is 6.07 Å². The van der Waals surface area contributed by atoms with Crippen LogP contribution < -0.4 is 5.32 Å². The predicted octanol–water partition coefficient (Wildman–Crippen LogP) is 1.87. The monoisotopic (exact) mass is 201 g/mol. The second-order valence-corrected chi connectivity index (χ2v) is 10.0. The quantitative estimate of drug-likeness (QED) is 0.600. The van der Waals surface area contributed by atoms with Crippen molar-refractivity contribution in [2.45, 2.75) is 13.1 Å². The number of anilines is 1. The third kappa shape index (κ3) is 3.68. The van der Waals surface area contributed by atoms with Crippen LogP contribution in [0.4, 0.5) is 5.95 Å². The van der Waals surface area contributed by atoms with E-state index in [0.29, 0.717) is 5.95 Å². The van der Waals surface area contributed by atoms with Gasteiger partial charge in [0.15, 0.2) is 7.38 Å². The number of nitrogens with zero attached hydrogens (tertiary/aromatic N) is 2. The molecule has 0 spiro atoms. The molecule has 0 bridgehead atoms. The number of hydrogen-bond acceptors (Lipinski definition) is 3. The molecule has 0 radical (unpaired) electrons. The van der Waals surface area contributed by atoms with Gasteiger partial charge in [0.25, 0.3) is 0 Å². The van der Waals surface area contributed by atoms with Gasteiger partial charge in [0.2, 0.25) is 5.95 Å². The number of halogens is 1. The van der Waals surface area contributed by atoms with Crippen LogP contribution in [0.15, 0.2) is 18.5 Å². The molecule has 1 N–H and O–H groups in total. The first-order valence-electron chi connectivity index (χ1n) is 3.78. The molecule has 0 amide bonds. The van der Waals surface area contributed by atoms with Gasteiger partial charge in [-0.25, -0.2) is 9.97 Å². The molecule has 0 aliphatic rings. The fraction of sp³-hybridized carbons (Fsp3) is 0.429. The summed E-state index contributed by atoms with van der Waals surface area (Å²) in [7, 11) is -1.56. The summed E-state index contributed by atoms with van der Waals surface area (Å²) in [6.45, 7) is 4.15. The van der Waals surface area contributed by atoms with Crippen molar-refractivity contribution in [2.24, 2.45) is 0 Å². The van der Waals surface area contributed by atoms with E-state index in [2.05, 4.69) is 28.4 Å². The third-order valence-corrected chi connectivity index (χ3v) is 2.65. The predicted molar refractivity (Wildman–Crippen MR) is 53.9 cm³/mol. The molecular formula is C7H12ClN3Si. The Morgan fingerprint density at radius 2 is 2.00 bits per heavy atom. The van der Waals surface area contributed by atoms with Gasteiger partial charge in [0.05, 0.1) is 0 Å². The van der Waals surface area contributed by atoms with Crippen molar-refractivity contribution >= 4 is 24.4 Å². The topological polar surface area (TPSA) is 37.8 Å². The molecule has 0 aromatic carbocycles. The van der Waals surface area contributed by atoms with Gasteiger partial charge in [0.1, 0.15) is 0 Å². The molecule has 0 aliphatic carbocycles. The molecule has 1 aromatic heterocycles. The third-order valence-electron chi connectivity index (χ3n) is 1.23. The average Bonchev–Trinajstić information content (AvgIpc) is 2.02. The van der Waals surface area contributed by atoms with Crippen molar-refractivity contribution < 1.29 is 0 Å². The molecule has 1 rings (SSSR count). The molecule has 0 saturated carbocycles. The summed E-state index contributed by atoms with van der Waals surface area (Å²) in [5.74, 6) is 0.652. The zero-order valence-electron chi connectivity index (χ0n) is 7.21. The molecule has 1 aromatic rings. The van der Waals surface area contributed by atoms with Crippen molar-refractivity contribution in [1.29, 1.82) is 0 Å². The molecule has 5 heteroatoms. The average molecular weight is 202 g/mol. The fourth-order valence-electron chi connectivity index (χ4n) is 0.680. The Kier molecular flexibility index (Phi) is 3.05. The minimum atomic E-state index is -1.56. The first-order valence-corrected chi connectivity index (χ1v) is 8.00. The molecule has 0 fully saturated rings. The maximum Gasteiger partial charge on any atom is 0.222 e. The highest BCUT2D eigenvalue weighted by molar-refractivity contribution is 7.19. The number of rotatable bonds is 3. The van der Waals surface area contributed by atoms with E-state index in [1.807, 2.05) is 0 Å². The standard InChI is InChI=1S/C7H12ClN3Si/c1-12(2,8)6-11-7-9-4-3-5-10-7/h3-5H,6H2,1-2H3,(H,9,10,11). The van der Waals surface area contributed by atoms with Crippen molar-refractivity contribution in [3.05, 3.63) is 18.5 Å². The number of hydrogen-bond donors (Lipinski definition) is 1. The van der Waals surface area contributed by atoms with Crippen LogP contribution in [0.2, 0.25) is 13.1 Å². The van der Waals surface area contributed by atoms with E-state index in [1.54, 1.807) is 18.5 Å². The van der Waals surface area contributed by atoms with Gasteiger partial charge in [-0.3, -0.25) is 0 Å². The Bertz CT molecular complexity index is 234. The summed E-state index contributed by atoms with van der Waals surface area (Å²) in [6, 6.07) is 1.79. The summed E-state index contributed by atoms with van der Waals surface area (Å²) in [4.78, 5) is 8.05. The van der Waals surface area contributed by atoms with Crippen LogP contribution in [0.3, 0.4) is 0 Å². The van der Waals surface area contributed by atoms with Crippen molar-refractivity contribution in [2.75, 3.05) is 11.5 Å². The van der Waals surface area contributed by atoms with E-state index in [1.165, 1.54) is 0 Å². The molecule has 1 heterocycles. The van der Waals surface area contributed by atoms with Crippen molar-refractivity contribution in [3.8, 4) is 0 Å². The van der Waals surface area contributed by atoms with E-state index in [0.717, 1.165) is 6.17 Å². The normalized spacial score (nSPS) is 11.2. The van der Waals surface area contributed by atoms with Crippen LogP contribution in [0.1, 0.15) is 0 Å².